The van der Waals surface area contributed by atoms with Gasteiger partial charge in [-0.25, -0.2) is 0 Å². The summed E-state index contributed by atoms with van der Waals surface area (Å²) in [5, 5.41) is 9.32. The lowest BCUT2D eigenvalue weighted by Gasteiger charge is -2.06. The van der Waals surface area contributed by atoms with Crippen molar-refractivity contribution in [3.8, 4) is 0 Å². The molecule has 0 amide bonds. The minimum Gasteiger partial charge on any atom is -0.481 e. The van der Waals surface area contributed by atoms with Crippen LogP contribution in [0.1, 0.15) is 34.1 Å². The highest BCUT2D eigenvalue weighted by atomic mass is 32.2. The molecule has 0 bridgehead atoms. The molecule has 0 spiro atoms. The standard InChI is InChI=1S/C16H15NO4S/c1-2-7-22-13-8-12-11(16(19)20)3-5-17(12)14(13)15(18)10-4-6-21-9-10/h2,4,6,8-9,11H,1,3,5,7H2,(H,19,20). The number of carbonyl (C=O) groups is 2. The van der Waals surface area contributed by atoms with E-state index in [0.29, 0.717) is 35.7 Å². The van der Waals surface area contributed by atoms with Gasteiger partial charge in [-0.05, 0) is 18.6 Å². The van der Waals surface area contributed by atoms with E-state index in [-0.39, 0.29) is 5.78 Å². The van der Waals surface area contributed by atoms with Gasteiger partial charge in [0.05, 0.1) is 17.7 Å². The third-order valence-corrected chi connectivity index (χ3v) is 4.77. The van der Waals surface area contributed by atoms with Crippen molar-refractivity contribution in [3.05, 3.63) is 54.3 Å². The van der Waals surface area contributed by atoms with Crippen LogP contribution in [0.5, 0.6) is 0 Å². The second-order valence-corrected chi connectivity index (χ2v) is 6.12. The molecule has 1 atom stereocenters. The van der Waals surface area contributed by atoms with E-state index >= 15 is 0 Å². The van der Waals surface area contributed by atoms with Crippen molar-refractivity contribution in [2.75, 3.05) is 5.75 Å². The maximum absolute atomic E-state index is 12.7. The molecule has 1 unspecified atom stereocenters. The minimum atomic E-state index is -0.848. The summed E-state index contributed by atoms with van der Waals surface area (Å²) in [6.07, 6.45) is 5.14. The van der Waals surface area contributed by atoms with Gasteiger partial charge in [0.25, 0.3) is 0 Å². The monoisotopic (exact) mass is 317 g/mol. The third-order valence-electron chi connectivity index (χ3n) is 3.75. The molecule has 2 aromatic rings. The Balaban J connectivity index is 2.07. The summed E-state index contributed by atoms with van der Waals surface area (Å²) in [4.78, 5) is 24.9. The lowest BCUT2D eigenvalue weighted by atomic mass is 10.1. The van der Waals surface area contributed by atoms with Gasteiger partial charge in [-0.2, -0.15) is 0 Å². The summed E-state index contributed by atoms with van der Waals surface area (Å²) >= 11 is 1.49. The van der Waals surface area contributed by atoms with Crippen molar-refractivity contribution >= 4 is 23.5 Å². The lowest BCUT2D eigenvalue weighted by Crippen LogP contribution is -2.10. The molecular weight excluding hydrogens is 302 g/mol. The summed E-state index contributed by atoms with van der Waals surface area (Å²) in [5.41, 5.74) is 1.72. The predicted molar refractivity (Wildman–Crippen MR) is 82.5 cm³/mol. The second-order valence-electron chi connectivity index (χ2n) is 5.05. The van der Waals surface area contributed by atoms with Gasteiger partial charge in [-0.1, -0.05) is 6.08 Å². The molecule has 0 radical (unpaired) electrons. The van der Waals surface area contributed by atoms with Crippen molar-refractivity contribution in [1.29, 1.82) is 0 Å². The topological polar surface area (TPSA) is 72.4 Å². The summed E-state index contributed by atoms with van der Waals surface area (Å²) in [6.45, 7) is 4.23. The normalized spacial score (nSPS) is 16.5. The fourth-order valence-electron chi connectivity index (χ4n) is 2.75. The van der Waals surface area contributed by atoms with Crippen molar-refractivity contribution in [3.63, 3.8) is 0 Å². The Bertz CT molecular complexity index is 730. The Hall–Kier alpha value is -2.21. The molecule has 3 rings (SSSR count). The zero-order valence-corrected chi connectivity index (χ0v) is 12.6. The highest BCUT2D eigenvalue weighted by Gasteiger charge is 2.34. The fourth-order valence-corrected chi connectivity index (χ4v) is 3.59. The zero-order valence-electron chi connectivity index (χ0n) is 11.8. The van der Waals surface area contributed by atoms with Crippen LogP contribution in [0.2, 0.25) is 0 Å². The van der Waals surface area contributed by atoms with E-state index in [9.17, 15) is 14.7 Å². The van der Waals surface area contributed by atoms with E-state index in [1.807, 2.05) is 10.6 Å². The molecule has 1 aliphatic heterocycles. The SMILES string of the molecule is C=CCSc1cc2n(c1C(=O)c1ccoc1)CCC2C(=O)O. The average molecular weight is 317 g/mol. The van der Waals surface area contributed by atoms with Crippen molar-refractivity contribution in [2.24, 2.45) is 0 Å². The zero-order chi connectivity index (χ0) is 15.7. The van der Waals surface area contributed by atoms with E-state index in [2.05, 4.69) is 6.58 Å². The van der Waals surface area contributed by atoms with E-state index in [1.54, 1.807) is 12.1 Å². The van der Waals surface area contributed by atoms with Crippen LogP contribution >= 0.6 is 11.8 Å². The predicted octanol–water partition coefficient (Wildman–Crippen LogP) is 3.16. The number of carboxylic acid groups (broad SMARTS) is 1. The third kappa shape index (κ3) is 2.39. The van der Waals surface area contributed by atoms with E-state index in [0.717, 1.165) is 4.90 Å². The van der Waals surface area contributed by atoms with Crippen LogP contribution in [0.15, 0.2) is 46.6 Å². The number of thioether (sulfide) groups is 1. The van der Waals surface area contributed by atoms with Crippen LogP contribution in [0.3, 0.4) is 0 Å². The van der Waals surface area contributed by atoms with Crippen LogP contribution < -0.4 is 0 Å². The van der Waals surface area contributed by atoms with Gasteiger partial charge in [0.2, 0.25) is 5.78 Å². The Morgan fingerprint density at radius 3 is 3.00 bits per heavy atom. The quantitative estimate of drug-likeness (QED) is 0.503. The van der Waals surface area contributed by atoms with Gasteiger partial charge in [-0.3, -0.25) is 9.59 Å². The number of furan rings is 1. The second kappa shape index (κ2) is 5.88. The number of fused-ring (bicyclic) bond motifs is 1. The molecule has 3 heterocycles. The molecule has 0 aromatic carbocycles. The first-order valence-corrected chi connectivity index (χ1v) is 7.89. The largest absolute Gasteiger partial charge is 0.481 e. The molecule has 0 saturated heterocycles. The highest BCUT2D eigenvalue weighted by molar-refractivity contribution is 7.99. The molecular formula is C16H15NO4S. The summed E-state index contributed by atoms with van der Waals surface area (Å²) in [6, 6.07) is 3.45. The molecule has 0 saturated carbocycles. The smallest absolute Gasteiger partial charge is 0.312 e. The van der Waals surface area contributed by atoms with E-state index < -0.39 is 11.9 Å². The highest BCUT2D eigenvalue weighted by Crippen LogP contribution is 2.38. The van der Waals surface area contributed by atoms with E-state index in [1.165, 1.54) is 24.3 Å². The number of rotatable bonds is 6. The molecule has 22 heavy (non-hydrogen) atoms. The number of aliphatic carboxylic acids is 1. The van der Waals surface area contributed by atoms with Gasteiger partial charge in [-0.15, -0.1) is 18.3 Å². The molecule has 2 aromatic heterocycles. The Labute approximate surface area is 131 Å². The first kappa shape index (κ1) is 14.7. The number of ketones is 1. The molecule has 5 nitrogen and oxygen atoms in total. The van der Waals surface area contributed by atoms with Crippen LogP contribution in [0.25, 0.3) is 0 Å². The number of carbonyl (C=O) groups excluding carboxylic acids is 1. The number of carboxylic acids is 1. The molecule has 1 aliphatic rings. The number of nitrogens with zero attached hydrogens (tertiary/aromatic N) is 1. The van der Waals surface area contributed by atoms with Crippen LogP contribution in [-0.4, -0.2) is 27.2 Å². The Morgan fingerprint density at radius 1 is 1.55 bits per heavy atom. The lowest BCUT2D eigenvalue weighted by molar-refractivity contribution is -0.138. The first-order chi connectivity index (χ1) is 10.6. The van der Waals surface area contributed by atoms with Crippen LogP contribution in [0.4, 0.5) is 0 Å². The number of hydrogen-bond acceptors (Lipinski definition) is 4. The molecule has 6 heteroatoms. The van der Waals surface area contributed by atoms with Gasteiger partial charge in [0.15, 0.2) is 0 Å². The van der Waals surface area contributed by atoms with Crippen molar-refractivity contribution in [1.82, 2.24) is 4.57 Å². The number of aromatic nitrogens is 1. The molecule has 0 aliphatic carbocycles. The van der Waals surface area contributed by atoms with Gasteiger partial charge < -0.3 is 14.1 Å². The van der Waals surface area contributed by atoms with Gasteiger partial charge in [0, 0.05) is 22.9 Å². The van der Waals surface area contributed by atoms with Gasteiger partial charge in [0.1, 0.15) is 12.0 Å². The molecule has 0 fully saturated rings. The minimum absolute atomic E-state index is 0.141. The van der Waals surface area contributed by atoms with Crippen LogP contribution in [0, 0.1) is 0 Å². The maximum Gasteiger partial charge on any atom is 0.312 e. The first-order valence-electron chi connectivity index (χ1n) is 6.90. The van der Waals surface area contributed by atoms with Crippen molar-refractivity contribution < 1.29 is 19.1 Å². The van der Waals surface area contributed by atoms with E-state index in [4.69, 9.17) is 4.42 Å². The number of hydrogen-bond donors (Lipinski definition) is 1. The van der Waals surface area contributed by atoms with Gasteiger partial charge >= 0.3 is 5.97 Å². The maximum atomic E-state index is 12.7. The Kier molecular flexibility index (Phi) is 3.94. The Morgan fingerprint density at radius 2 is 2.36 bits per heavy atom. The van der Waals surface area contributed by atoms with Crippen LogP contribution in [-0.2, 0) is 11.3 Å². The molecule has 1 N–H and O–H groups in total. The molecule has 114 valence electrons. The average Bonchev–Trinajstić information content (AvgIpc) is 3.19. The summed E-state index contributed by atoms with van der Waals surface area (Å²) in [5.74, 6) is -0.877. The summed E-state index contributed by atoms with van der Waals surface area (Å²) < 4.78 is 6.82. The fraction of sp³-hybridized carbons (Fsp3) is 0.250. The summed E-state index contributed by atoms with van der Waals surface area (Å²) in [7, 11) is 0. The van der Waals surface area contributed by atoms with Crippen molar-refractivity contribution in [2.45, 2.75) is 23.8 Å².